The molecule has 248 valence electrons. The van der Waals surface area contributed by atoms with E-state index in [1.165, 1.54) is 0 Å². The van der Waals surface area contributed by atoms with Crippen LogP contribution >= 0.6 is 0 Å². The van der Waals surface area contributed by atoms with E-state index in [-0.39, 0.29) is 58.5 Å². The van der Waals surface area contributed by atoms with Crippen molar-refractivity contribution in [2.45, 2.75) is 111 Å². The fourth-order valence-electron chi connectivity index (χ4n) is 6.52. The fourth-order valence-corrected chi connectivity index (χ4v) is 6.52. The van der Waals surface area contributed by atoms with Gasteiger partial charge in [-0.15, -0.1) is 0 Å². The Hall–Kier alpha value is -4.25. The monoisotopic (exact) mass is 634 g/mol. The Labute approximate surface area is 280 Å². The number of rotatable bonds is 2. The molecule has 0 heterocycles. The maximum absolute atomic E-state index is 11.8. The summed E-state index contributed by atoms with van der Waals surface area (Å²) >= 11 is 0. The third-order valence-corrected chi connectivity index (χ3v) is 9.57. The molecule has 4 aromatic carbocycles. The van der Waals surface area contributed by atoms with E-state index in [0.29, 0.717) is 57.3 Å². The number of carbonyl (C=O) groups excluding carboxylic acids is 1. The van der Waals surface area contributed by atoms with E-state index in [2.05, 4.69) is 62.3 Å². The van der Waals surface area contributed by atoms with Crippen LogP contribution in [0.1, 0.15) is 129 Å². The van der Waals surface area contributed by atoms with Gasteiger partial charge in [-0.2, -0.15) is 0 Å². The zero-order valence-corrected chi connectivity index (χ0v) is 29.4. The van der Waals surface area contributed by atoms with Crippen molar-refractivity contribution in [3.05, 3.63) is 115 Å². The molecule has 1 aliphatic rings. The lowest BCUT2D eigenvalue weighted by molar-refractivity contribution is -0.107. The quantitative estimate of drug-likeness (QED) is 0.146. The highest BCUT2D eigenvalue weighted by Crippen LogP contribution is 2.42. The average Bonchev–Trinajstić information content (AvgIpc) is 2.94. The van der Waals surface area contributed by atoms with Crippen LogP contribution in [-0.2, 0) is 53.1 Å². The van der Waals surface area contributed by atoms with Gasteiger partial charge in [-0.1, -0.05) is 111 Å². The first-order chi connectivity index (χ1) is 21.8. The lowest BCUT2D eigenvalue weighted by atomic mass is 9.80. The number of hydrogen-bond donors (Lipinski definition) is 4. The van der Waals surface area contributed by atoms with Crippen molar-refractivity contribution in [3.8, 4) is 23.0 Å². The molecular weight excluding hydrogens is 584 g/mol. The van der Waals surface area contributed by atoms with Crippen molar-refractivity contribution in [2.75, 3.05) is 0 Å². The van der Waals surface area contributed by atoms with Gasteiger partial charge in [0, 0.05) is 32.1 Å². The zero-order chi connectivity index (χ0) is 34.6. The molecule has 0 spiro atoms. The summed E-state index contributed by atoms with van der Waals surface area (Å²) in [7, 11) is 0. The minimum absolute atomic E-state index is 0.0913. The van der Waals surface area contributed by atoms with Crippen molar-refractivity contribution in [1.82, 2.24) is 0 Å². The first kappa shape index (κ1) is 34.1. The largest absolute Gasteiger partial charge is 0.507 e. The van der Waals surface area contributed by atoms with Crippen LogP contribution in [0.15, 0.2) is 48.5 Å². The third kappa shape index (κ3) is 7.05. The van der Waals surface area contributed by atoms with E-state index in [9.17, 15) is 25.2 Å². The van der Waals surface area contributed by atoms with Crippen molar-refractivity contribution in [3.63, 3.8) is 0 Å². The van der Waals surface area contributed by atoms with Gasteiger partial charge in [0.2, 0.25) is 0 Å². The lowest BCUT2D eigenvalue weighted by Crippen LogP contribution is -2.15. The van der Waals surface area contributed by atoms with Crippen molar-refractivity contribution < 1.29 is 25.2 Å². The summed E-state index contributed by atoms with van der Waals surface area (Å²) in [5, 5.41) is 47.1. The van der Waals surface area contributed by atoms with Crippen LogP contribution in [0.3, 0.4) is 0 Å². The summed E-state index contributed by atoms with van der Waals surface area (Å²) in [4.78, 5) is 11.7. The fraction of sp³-hybridized carbons (Fsp3) is 0.405. The highest BCUT2D eigenvalue weighted by molar-refractivity contribution is 5.61. The molecule has 0 amide bonds. The topological polar surface area (TPSA) is 98.0 Å². The molecule has 0 unspecified atom stereocenters. The molecular formula is C42H50O5. The molecule has 5 nitrogen and oxygen atoms in total. The maximum Gasteiger partial charge on any atom is 0.124 e. The van der Waals surface area contributed by atoms with Crippen molar-refractivity contribution >= 4 is 6.29 Å². The molecule has 4 aromatic rings. The van der Waals surface area contributed by atoms with Crippen molar-refractivity contribution in [2.24, 2.45) is 0 Å². The first-order valence-electron chi connectivity index (χ1n) is 16.6. The Bertz CT molecular complexity index is 1740. The van der Waals surface area contributed by atoms with Crippen molar-refractivity contribution in [1.29, 1.82) is 0 Å². The van der Waals surface area contributed by atoms with E-state index < -0.39 is 0 Å². The summed E-state index contributed by atoms with van der Waals surface area (Å²) in [5.74, 6) is 0.516. The SMILES string of the molecule is CC(C)(C)c1cc2c(O)c(c1)Cc1cc(C(C)(C)C)cc(c1O)Cc1cc(C(C)(C)C)cc(c1O)Cc1cc(CC=O)cc(c1O)C2. The molecule has 0 aliphatic heterocycles. The average molecular weight is 635 g/mol. The molecule has 4 N–H and O–H groups in total. The maximum atomic E-state index is 11.8. The number of phenols is 4. The highest BCUT2D eigenvalue weighted by Gasteiger charge is 2.26. The number of fused-ring (bicyclic) bond motifs is 8. The number of aldehydes is 1. The van der Waals surface area contributed by atoms with E-state index in [0.717, 1.165) is 28.5 Å². The first-order valence-corrected chi connectivity index (χ1v) is 16.6. The number of aromatic hydroxyl groups is 4. The van der Waals surface area contributed by atoms with Gasteiger partial charge in [-0.3, -0.25) is 0 Å². The van der Waals surface area contributed by atoms with E-state index in [1.807, 2.05) is 48.5 Å². The molecule has 0 saturated carbocycles. The van der Waals surface area contributed by atoms with Crippen LogP contribution in [0, 0.1) is 0 Å². The van der Waals surface area contributed by atoms with Gasteiger partial charge in [0.1, 0.15) is 29.3 Å². The second-order valence-corrected chi connectivity index (χ2v) is 16.5. The van der Waals surface area contributed by atoms with Gasteiger partial charge in [0.15, 0.2) is 0 Å². The third-order valence-electron chi connectivity index (χ3n) is 9.57. The minimum Gasteiger partial charge on any atom is -0.507 e. The van der Waals surface area contributed by atoms with Crippen LogP contribution in [-0.4, -0.2) is 26.7 Å². The number of hydrogen-bond acceptors (Lipinski definition) is 5. The molecule has 5 heteroatoms. The standard InChI is InChI=1S/C42H50O5/c1-40(2,3)33-18-27-14-25-12-24(10-11-43)13-26(36(25)44)15-28-19-34(41(4,5)6)21-30(38(28)46)17-32-23-35(42(7,8)9)22-31(39(32)47)16-29(20-33)37(27)45/h11-13,18-23,44-47H,10,14-17H2,1-9H3. The number of phenolic OH excluding ortho intramolecular Hbond substituents is 4. The lowest BCUT2D eigenvalue weighted by Gasteiger charge is -2.26. The highest BCUT2D eigenvalue weighted by atomic mass is 16.3. The molecule has 0 saturated heterocycles. The molecule has 0 fully saturated rings. The summed E-state index contributed by atoms with van der Waals surface area (Å²) in [6.07, 6.45) is 2.12. The Morgan fingerprint density at radius 1 is 0.447 bits per heavy atom. The van der Waals surface area contributed by atoms with Gasteiger partial charge >= 0.3 is 0 Å². The summed E-state index contributed by atoms with van der Waals surface area (Å²) in [6.45, 7) is 19.2. The predicted molar refractivity (Wildman–Crippen MR) is 190 cm³/mol. The Morgan fingerprint density at radius 2 is 0.660 bits per heavy atom. The van der Waals surface area contributed by atoms with Crippen LogP contribution in [0.2, 0.25) is 0 Å². The predicted octanol–water partition coefficient (Wildman–Crippen LogP) is 8.82. The summed E-state index contributed by atoms with van der Waals surface area (Å²) in [6, 6.07) is 15.8. The summed E-state index contributed by atoms with van der Waals surface area (Å²) in [5.41, 5.74) is 8.54. The van der Waals surface area contributed by atoms with E-state index in [4.69, 9.17) is 0 Å². The van der Waals surface area contributed by atoms with Gasteiger partial charge in [-0.25, -0.2) is 0 Å². The van der Waals surface area contributed by atoms with Gasteiger partial charge in [0.05, 0.1) is 0 Å². The molecule has 47 heavy (non-hydrogen) atoms. The van der Waals surface area contributed by atoms with Gasteiger partial charge in [0.25, 0.3) is 0 Å². The summed E-state index contributed by atoms with van der Waals surface area (Å²) < 4.78 is 0. The van der Waals surface area contributed by atoms with Gasteiger partial charge in [-0.05, 0) is 83.0 Å². The van der Waals surface area contributed by atoms with E-state index >= 15 is 0 Å². The van der Waals surface area contributed by atoms with Crippen LogP contribution in [0.5, 0.6) is 23.0 Å². The second kappa shape index (κ2) is 12.1. The molecule has 1 aliphatic carbocycles. The van der Waals surface area contributed by atoms with Gasteiger partial charge < -0.3 is 25.2 Å². The second-order valence-electron chi connectivity index (χ2n) is 16.5. The molecule has 0 aromatic heterocycles. The van der Waals surface area contributed by atoms with Crippen LogP contribution < -0.4 is 0 Å². The molecule has 0 radical (unpaired) electrons. The Morgan fingerprint density at radius 3 is 0.851 bits per heavy atom. The molecule has 5 rings (SSSR count). The molecule has 0 atom stereocenters. The van der Waals surface area contributed by atoms with Crippen LogP contribution in [0.4, 0.5) is 0 Å². The number of carbonyl (C=O) groups is 1. The Kier molecular flexibility index (Phi) is 8.76. The normalized spacial score (nSPS) is 13.8. The van der Waals surface area contributed by atoms with E-state index in [1.54, 1.807) is 0 Å². The van der Waals surface area contributed by atoms with Crippen LogP contribution in [0.25, 0.3) is 0 Å². The Balaban J connectivity index is 1.87. The minimum atomic E-state index is -0.226. The molecule has 8 bridgehead atoms. The number of benzene rings is 4. The zero-order valence-electron chi connectivity index (χ0n) is 29.4. The smallest absolute Gasteiger partial charge is 0.124 e.